The second-order valence-electron chi connectivity index (χ2n) is 3.95. The molecule has 0 bridgehead atoms. The van der Waals surface area contributed by atoms with E-state index in [0.29, 0.717) is 5.57 Å². The van der Waals surface area contributed by atoms with Gasteiger partial charge in [0.05, 0.1) is 0 Å². The number of unbranched alkanes of at least 4 members (excludes halogenated alkanes) is 2. The lowest BCUT2D eigenvalue weighted by molar-refractivity contribution is -0.144. The van der Waals surface area contributed by atoms with Crippen LogP contribution < -0.4 is 0 Å². The molecule has 0 aliphatic carbocycles. The molecule has 0 aromatic heterocycles. The van der Waals surface area contributed by atoms with Crippen molar-refractivity contribution in [3.05, 3.63) is 36.5 Å². The zero-order valence-electron chi connectivity index (χ0n) is 11.3. The van der Waals surface area contributed by atoms with E-state index in [1.165, 1.54) is 12.2 Å². The Morgan fingerprint density at radius 1 is 1.26 bits per heavy atom. The number of allylic oxidation sites excluding steroid dienone is 4. The Hall–Kier alpha value is -1.97. The number of carbonyl (C=O) groups is 3. The molecular formula is C15H20O4. The molecule has 4 heteroatoms. The highest BCUT2D eigenvalue weighted by atomic mass is 16.5. The molecule has 0 aromatic carbocycles. The molecule has 0 rings (SSSR count). The van der Waals surface area contributed by atoms with E-state index in [1.807, 2.05) is 0 Å². The minimum absolute atomic E-state index is 0.123. The third-order valence-electron chi connectivity index (χ3n) is 2.35. The van der Waals surface area contributed by atoms with Crippen molar-refractivity contribution in [2.45, 2.75) is 32.6 Å². The molecule has 0 aliphatic rings. The topological polar surface area (TPSA) is 60.4 Å². The van der Waals surface area contributed by atoms with Gasteiger partial charge in [0, 0.05) is 0 Å². The third-order valence-corrected chi connectivity index (χ3v) is 2.35. The normalized spacial score (nSPS) is 11.3. The highest BCUT2D eigenvalue weighted by Gasteiger charge is 2.11. The van der Waals surface area contributed by atoms with Gasteiger partial charge in [-0.2, -0.15) is 0 Å². The van der Waals surface area contributed by atoms with Crippen LogP contribution in [0.3, 0.4) is 0 Å². The third kappa shape index (κ3) is 9.71. The molecule has 0 N–H and O–H groups in total. The van der Waals surface area contributed by atoms with Crippen molar-refractivity contribution in [1.82, 2.24) is 0 Å². The summed E-state index contributed by atoms with van der Waals surface area (Å²) in [5.41, 5.74) is 0.565. The smallest absolute Gasteiger partial charge is 0.313 e. The standard InChI is InChI=1S/C15H20O4/c1-3-11-19-15(18)12-14(17)13(2)9-7-5-4-6-8-10-16/h3,6,8-10H,1,4-5,7,11-12H2,2H3/b8-6+,13-9+. The minimum Gasteiger partial charge on any atom is -0.461 e. The number of aldehydes is 1. The molecule has 0 heterocycles. The van der Waals surface area contributed by atoms with Gasteiger partial charge in [0.15, 0.2) is 5.78 Å². The van der Waals surface area contributed by atoms with E-state index in [4.69, 9.17) is 4.74 Å². The van der Waals surface area contributed by atoms with Gasteiger partial charge in [-0.1, -0.05) is 24.8 Å². The van der Waals surface area contributed by atoms with Gasteiger partial charge in [-0.05, 0) is 37.8 Å². The van der Waals surface area contributed by atoms with Gasteiger partial charge >= 0.3 is 5.97 Å². The number of esters is 1. The summed E-state index contributed by atoms with van der Waals surface area (Å²) in [4.78, 5) is 32.9. The maximum absolute atomic E-state index is 11.6. The molecule has 0 aromatic rings. The van der Waals surface area contributed by atoms with Crippen molar-refractivity contribution in [3.63, 3.8) is 0 Å². The molecule has 0 aliphatic heterocycles. The SMILES string of the molecule is C=CCOC(=O)CC(=O)/C(C)=C/CCC/C=C/C=O. The molecule has 19 heavy (non-hydrogen) atoms. The van der Waals surface area contributed by atoms with Crippen LogP contribution in [0, 0.1) is 0 Å². The second-order valence-corrected chi connectivity index (χ2v) is 3.95. The summed E-state index contributed by atoms with van der Waals surface area (Å²) in [6.07, 6.45) is 9.38. The summed E-state index contributed by atoms with van der Waals surface area (Å²) in [6.45, 7) is 5.23. The van der Waals surface area contributed by atoms with E-state index in [-0.39, 0.29) is 18.8 Å². The molecular weight excluding hydrogens is 244 g/mol. The van der Waals surface area contributed by atoms with Crippen molar-refractivity contribution in [1.29, 1.82) is 0 Å². The highest BCUT2D eigenvalue weighted by molar-refractivity contribution is 6.05. The molecule has 0 unspecified atom stereocenters. The average Bonchev–Trinajstić information content (AvgIpc) is 2.40. The lowest BCUT2D eigenvalue weighted by Gasteiger charge is -2.02. The maximum Gasteiger partial charge on any atom is 0.313 e. The van der Waals surface area contributed by atoms with Crippen LogP contribution in [0.15, 0.2) is 36.5 Å². The van der Waals surface area contributed by atoms with Crippen LogP contribution in [0.25, 0.3) is 0 Å². The van der Waals surface area contributed by atoms with Gasteiger partial charge in [-0.3, -0.25) is 14.4 Å². The molecule has 0 atom stereocenters. The zero-order chi connectivity index (χ0) is 14.5. The molecule has 104 valence electrons. The predicted octanol–water partition coefficient (Wildman–Crippen LogP) is 2.55. The van der Waals surface area contributed by atoms with Crippen LogP contribution in [0.5, 0.6) is 0 Å². The van der Waals surface area contributed by atoms with E-state index in [0.717, 1.165) is 25.5 Å². The first-order valence-electron chi connectivity index (χ1n) is 6.18. The lowest BCUT2D eigenvalue weighted by Crippen LogP contribution is -2.12. The van der Waals surface area contributed by atoms with Gasteiger partial charge in [-0.25, -0.2) is 0 Å². The van der Waals surface area contributed by atoms with Crippen molar-refractivity contribution in [2.75, 3.05) is 6.61 Å². The molecule has 4 nitrogen and oxygen atoms in total. The zero-order valence-corrected chi connectivity index (χ0v) is 11.3. The second kappa shape index (κ2) is 11.1. The van der Waals surface area contributed by atoms with E-state index < -0.39 is 5.97 Å². The number of ketones is 1. The van der Waals surface area contributed by atoms with Crippen LogP contribution >= 0.6 is 0 Å². The number of hydrogen-bond acceptors (Lipinski definition) is 4. The Morgan fingerprint density at radius 3 is 2.63 bits per heavy atom. The van der Waals surface area contributed by atoms with Gasteiger partial charge in [0.25, 0.3) is 0 Å². The first kappa shape index (κ1) is 17.0. The summed E-state index contributed by atoms with van der Waals surface area (Å²) >= 11 is 0. The number of carbonyl (C=O) groups excluding carboxylic acids is 3. The number of Topliss-reactive ketones (excluding diaryl/α,β-unsaturated/α-hetero) is 1. The van der Waals surface area contributed by atoms with Crippen molar-refractivity contribution < 1.29 is 19.1 Å². The Labute approximate surface area is 113 Å². The van der Waals surface area contributed by atoms with E-state index in [1.54, 1.807) is 19.1 Å². The summed E-state index contributed by atoms with van der Waals surface area (Å²) in [5, 5.41) is 0. The Kier molecular flexibility index (Phi) is 9.98. The molecule has 0 saturated heterocycles. The quantitative estimate of drug-likeness (QED) is 0.152. The summed E-state index contributed by atoms with van der Waals surface area (Å²) < 4.78 is 4.73. The van der Waals surface area contributed by atoms with Gasteiger partial charge in [-0.15, -0.1) is 0 Å². The monoisotopic (exact) mass is 264 g/mol. The lowest BCUT2D eigenvalue weighted by atomic mass is 10.1. The van der Waals surface area contributed by atoms with Gasteiger partial charge < -0.3 is 4.74 Å². The van der Waals surface area contributed by atoms with E-state index in [2.05, 4.69) is 6.58 Å². The fourth-order valence-corrected chi connectivity index (χ4v) is 1.29. The van der Waals surface area contributed by atoms with E-state index >= 15 is 0 Å². The number of rotatable bonds is 10. The fourth-order valence-electron chi connectivity index (χ4n) is 1.29. The first-order chi connectivity index (χ1) is 9.11. The Bertz CT molecular complexity index is 378. The predicted molar refractivity (Wildman–Crippen MR) is 73.6 cm³/mol. The van der Waals surface area contributed by atoms with Gasteiger partial charge in [0.2, 0.25) is 0 Å². The maximum atomic E-state index is 11.6. The largest absolute Gasteiger partial charge is 0.461 e. The van der Waals surface area contributed by atoms with Crippen LogP contribution in [-0.4, -0.2) is 24.6 Å². The summed E-state index contributed by atoms with van der Waals surface area (Å²) in [6, 6.07) is 0. The van der Waals surface area contributed by atoms with Crippen molar-refractivity contribution in [2.24, 2.45) is 0 Å². The van der Waals surface area contributed by atoms with Crippen LogP contribution in [0.2, 0.25) is 0 Å². The highest BCUT2D eigenvalue weighted by Crippen LogP contribution is 2.05. The molecule has 0 saturated carbocycles. The van der Waals surface area contributed by atoms with Crippen LogP contribution in [0.1, 0.15) is 32.6 Å². The van der Waals surface area contributed by atoms with Crippen LogP contribution in [0.4, 0.5) is 0 Å². The van der Waals surface area contributed by atoms with Gasteiger partial charge in [0.1, 0.15) is 19.3 Å². The summed E-state index contributed by atoms with van der Waals surface area (Å²) in [5.74, 6) is -0.760. The Balaban J connectivity index is 3.96. The first-order valence-corrected chi connectivity index (χ1v) is 6.18. The molecule has 0 fully saturated rings. The molecule has 0 spiro atoms. The van der Waals surface area contributed by atoms with E-state index in [9.17, 15) is 14.4 Å². The van der Waals surface area contributed by atoms with Crippen molar-refractivity contribution in [3.8, 4) is 0 Å². The molecule has 0 radical (unpaired) electrons. The Morgan fingerprint density at radius 2 is 2.00 bits per heavy atom. The summed E-state index contributed by atoms with van der Waals surface area (Å²) in [7, 11) is 0. The van der Waals surface area contributed by atoms with Crippen LogP contribution in [-0.2, 0) is 19.1 Å². The number of ether oxygens (including phenoxy) is 1. The fraction of sp³-hybridized carbons (Fsp3) is 0.400. The molecule has 0 amide bonds. The van der Waals surface area contributed by atoms with Crippen molar-refractivity contribution >= 4 is 18.0 Å². The minimum atomic E-state index is -0.536. The average molecular weight is 264 g/mol. The number of hydrogen-bond donors (Lipinski definition) is 0.